The van der Waals surface area contributed by atoms with E-state index in [2.05, 4.69) is 12.8 Å². The molecule has 0 N–H and O–H groups in total. The molecule has 0 saturated carbocycles. The van der Waals surface area contributed by atoms with E-state index < -0.39 is 10.0 Å². The second kappa shape index (κ2) is 15.6. The van der Waals surface area contributed by atoms with Crippen LogP contribution in [0.3, 0.4) is 0 Å². The third kappa shape index (κ3) is 7.74. The highest BCUT2D eigenvalue weighted by atomic mass is 32.2. The molecule has 0 aliphatic carbocycles. The first-order valence-corrected chi connectivity index (χ1v) is 11.1. The lowest BCUT2D eigenvalue weighted by atomic mass is 10.2. The highest BCUT2D eigenvalue weighted by Crippen LogP contribution is 2.34. The van der Waals surface area contributed by atoms with E-state index in [4.69, 9.17) is 0 Å². The lowest BCUT2D eigenvalue weighted by molar-refractivity contribution is 0.350. The van der Waals surface area contributed by atoms with Gasteiger partial charge in [-0.25, -0.2) is 8.42 Å². The highest BCUT2D eigenvalue weighted by Gasteiger charge is 2.31. The first kappa shape index (κ1) is 25.3. The Hall–Kier alpha value is -0.960. The van der Waals surface area contributed by atoms with Crippen molar-refractivity contribution in [1.29, 1.82) is 0 Å². The summed E-state index contributed by atoms with van der Waals surface area (Å²) >= 11 is 1.56. The molecule has 1 saturated heterocycles. The fraction of sp³-hybridized carbons (Fsp3) is 0.579. The van der Waals surface area contributed by atoms with Crippen molar-refractivity contribution in [3.8, 4) is 12.8 Å². The van der Waals surface area contributed by atoms with Crippen LogP contribution in [0.4, 0.5) is 0 Å². The Morgan fingerprint density at radius 3 is 2.12 bits per heavy atom. The van der Waals surface area contributed by atoms with Gasteiger partial charge in [0.15, 0.2) is 0 Å². The summed E-state index contributed by atoms with van der Waals surface area (Å²) in [6.07, 6.45) is 16.8. The van der Waals surface area contributed by atoms with Crippen molar-refractivity contribution in [1.82, 2.24) is 4.31 Å². The largest absolute Gasteiger partial charge is 0.243 e. The minimum Gasteiger partial charge on any atom is -0.207 e. The summed E-state index contributed by atoms with van der Waals surface area (Å²) in [5.41, 5.74) is 0.920. The SMILES string of the molecule is C#C.C/C=C\C=C1/CSC=C1S(=O)(=O)N1CCCCC1.CC.CC. The second-order valence-electron chi connectivity index (χ2n) is 4.48. The molecule has 0 amide bonds. The topological polar surface area (TPSA) is 37.4 Å². The fourth-order valence-electron chi connectivity index (χ4n) is 2.17. The second-order valence-corrected chi connectivity index (χ2v) is 7.24. The molecule has 0 bridgehead atoms. The minimum atomic E-state index is -3.27. The number of hydrogen-bond donors (Lipinski definition) is 0. The van der Waals surface area contributed by atoms with E-state index >= 15 is 0 Å². The van der Waals surface area contributed by atoms with E-state index in [9.17, 15) is 8.42 Å². The zero-order chi connectivity index (χ0) is 19.0. The Bertz CT molecular complexity index is 523. The molecule has 2 aliphatic heterocycles. The van der Waals surface area contributed by atoms with Gasteiger partial charge >= 0.3 is 0 Å². The Kier molecular flexibility index (Phi) is 16.4. The first-order chi connectivity index (χ1) is 11.7. The van der Waals surface area contributed by atoms with Crippen molar-refractivity contribution in [2.45, 2.75) is 53.9 Å². The monoisotopic (exact) mass is 371 g/mol. The van der Waals surface area contributed by atoms with E-state index in [1.807, 2.05) is 52.8 Å². The Morgan fingerprint density at radius 1 is 1.08 bits per heavy atom. The van der Waals surface area contributed by atoms with Gasteiger partial charge in [-0.3, -0.25) is 0 Å². The normalized spacial score (nSPS) is 19.3. The molecule has 1 fully saturated rings. The van der Waals surface area contributed by atoms with E-state index in [0.717, 1.165) is 30.6 Å². The molecule has 0 atom stereocenters. The molecule has 3 nitrogen and oxygen atoms in total. The van der Waals surface area contributed by atoms with Crippen LogP contribution in [0.2, 0.25) is 0 Å². The maximum atomic E-state index is 12.5. The van der Waals surface area contributed by atoms with Crippen molar-refractivity contribution in [2.24, 2.45) is 0 Å². The van der Waals surface area contributed by atoms with Crippen LogP contribution in [0, 0.1) is 12.8 Å². The van der Waals surface area contributed by atoms with Crippen molar-refractivity contribution in [3.05, 3.63) is 34.1 Å². The number of allylic oxidation sites excluding steroid dienone is 4. The molecular formula is C19H33NO2S2. The van der Waals surface area contributed by atoms with Gasteiger partial charge in [-0.1, -0.05) is 52.3 Å². The molecule has 0 aromatic heterocycles. The van der Waals surface area contributed by atoms with Crippen LogP contribution in [0.1, 0.15) is 53.9 Å². The molecule has 2 heterocycles. The average Bonchev–Trinajstić information content (AvgIpc) is 3.15. The number of hydrogen-bond acceptors (Lipinski definition) is 3. The summed E-state index contributed by atoms with van der Waals surface area (Å²) < 4.78 is 26.7. The summed E-state index contributed by atoms with van der Waals surface area (Å²) in [5.74, 6) is 0.757. The summed E-state index contributed by atoms with van der Waals surface area (Å²) in [5, 5.41) is 1.79. The number of piperidine rings is 1. The number of thioether (sulfide) groups is 1. The van der Waals surface area contributed by atoms with Gasteiger partial charge in [0.25, 0.3) is 0 Å². The highest BCUT2D eigenvalue weighted by molar-refractivity contribution is 8.04. The third-order valence-electron chi connectivity index (χ3n) is 3.17. The standard InChI is InChI=1S/C13H19NO2S2.2C2H6.C2H2/c1-2-3-7-12-10-17-11-13(12)18(15,16)14-8-5-4-6-9-14;3*1-2/h2-3,7,11H,4-6,8-10H2,1H3;2*1-2H3;1-2H/b3-2-,12-7+;;;. The third-order valence-corrected chi connectivity index (χ3v) is 6.18. The zero-order valence-electron chi connectivity index (χ0n) is 15.8. The van der Waals surface area contributed by atoms with Crippen molar-refractivity contribution >= 4 is 21.8 Å². The van der Waals surface area contributed by atoms with Crippen LogP contribution >= 0.6 is 11.8 Å². The van der Waals surface area contributed by atoms with Gasteiger partial charge in [0.05, 0.1) is 4.91 Å². The van der Waals surface area contributed by atoms with Gasteiger partial charge in [0.1, 0.15) is 0 Å². The Morgan fingerprint density at radius 2 is 1.62 bits per heavy atom. The van der Waals surface area contributed by atoms with Gasteiger partial charge in [-0.2, -0.15) is 4.31 Å². The number of rotatable bonds is 3. The zero-order valence-corrected chi connectivity index (χ0v) is 17.4. The van der Waals surface area contributed by atoms with Gasteiger partial charge < -0.3 is 0 Å². The lowest BCUT2D eigenvalue weighted by Gasteiger charge is -2.26. The smallest absolute Gasteiger partial charge is 0.207 e. The molecule has 0 radical (unpaired) electrons. The van der Waals surface area contributed by atoms with Gasteiger partial charge in [-0.05, 0) is 30.7 Å². The molecular weight excluding hydrogens is 338 g/mol. The molecule has 2 rings (SSSR count). The van der Waals surface area contributed by atoms with Crippen LogP contribution in [0.5, 0.6) is 0 Å². The Balaban J connectivity index is 0. The van der Waals surface area contributed by atoms with Gasteiger partial charge in [0, 0.05) is 18.8 Å². The van der Waals surface area contributed by atoms with E-state index in [-0.39, 0.29) is 0 Å². The van der Waals surface area contributed by atoms with Crippen LogP contribution in [-0.4, -0.2) is 31.6 Å². The minimum absolute atomic E-state index is 0.507. The first-order valence-electron chi connectivity index (χ1n) is 8.64. The average molecular weight is 372 g/mol. The van der Waals surface area contributed by atoms with Crippen molar-refractivity contribution in [3.63, 3.8) is 0 Å². The maximum absolute atomic E-state index is 12.5. The maximum Gasteiger partial charge on any atom is 0.243 e. The molecule has 0 aromatic carbocycles. The van der Waals surface area contributed by atoms with Crippen LogP contribution in [-0.2, 0) is 10.0 Å². The fourth-order valence-corrected chi connectivity index (χ4v) is 5.26. The summed E-state index contributed by atoms with van der Waals surface area (Å²) in [6, 6.07) is 0. The van der Waals surface area contributed by atoms with Crippen LogP contribution in [0.15, 0.2) is 34.1 Å². The molecule has 24 heavy (non-hydrogen) atoms. The van der Waals surface area contributed by atoms with Crippen molar-refractivity contribution in [2.75, 3.05) is 18.8 Å². The lowest BCUT2D eigenvalue weighted by Crippen LogP contribution is -2.36. The van der Waals surface area contributed by atoms with Gasteiger partial charge in [-0.15, -0.1) is 24.6 Å². The molecule has 138 valence electrons. The number of terminal acetylenes is 1. The quantitative estimate of drug-likeness (QED) is 0.640. The van der Waals surface area contributed by atoms with E-state index in [1.165, 1.54) is 0 Å². The van der Waals surface area contributed by atoms with Crippen molar-refractivity contribution < 1.29 is 8.42 Å². The number of nitrogens with zero attached hydrogens (tertiary/aromatic N) is 1. The molecule has 2 aliphatic rings. The van der Waals surface area contributed by atoms with Gasteiger partial charge in [0.2, 0.25) is 10.0 Å². The van der Waals surface area contributed by atoms with Crippen LogP contribution < -0.4 is 0 Å². The predicted molar refractivity (Wildman–Crippen MR) is 110 cm³/mol. The summed E-state index contributed by atoms with van der Waals surface area (Å²) in [4.78, 5) is 0.507. The van der Waals surface area contributed by atoms with Crippen LogP contribution in [0.25, 0.3) is 0 Å². The Labute approximate surface area is 154 Å². The molecule has 0 unspecified atom stereocenters. The van der Waals surface area contributed by atoms with E-state index in [0.29, 0.717) is 18.0 Å². The molecule has 0 spiro atoms. The van der Waals surface area contributed by atoms with E-state index in [1.54, 1.807) is 21.5 Å². The summed E-state index contributed by atoms with van der Waals surface area (Å²) in [6.45, 7) is 11.3. The number of sulfonamides is 1. The molecule has 5 heteroatoms. The molecule has 0 aromatic rings. The summed E-state index contributed by atoms with van der Waals surface area (Å²) in [7, 11) is -3.27. The predicted octanol–water partition coefficient (Wildman–Crippen LogP) is 5.19.